The van der Waals surface area contributed by atoms with E-state index in [0.717, 1.165) is 17.3 Å². The van der Waals surface area contributed by atoms with E-state index in [0.29, 0.717) is 39.6 Å². The van der Waals surface area contributed by atoms with Gasteiger partial charge in [-0.3, -0.25) is 14.3 Å². The molecule has 0 unspecified atom stereocenters. The monoisotopic (exact) mass is 518 g/mol. The molecule has 0 bridgehead atoms. The fraction of sp³-hybridized carbons (Fsp3) is 0.111. The number of rotatable bonds is 8. The number of hydrogen-bond donors (Lipinski definition) is 2. The van der Waals surface area contributed by atoms with Crippen LogP contribution in [0.5, 0.6) is 0 Å². The first-order chi connectivity index (χ1) is 17.6. The lowest BCUT2D eigenvalue weighted by molar-refractivity contribution is -0.115. The fourth-order valence-corrected chi connectivity index (χ4v) is 5.08. The molecule has 3 heterocycles. The van der Waals surface area contributed by atoms with Crippen LogP contribution >= 0.6 is 0 Å². The van der Waals surface area contributed by atoms with Crippen molar-refractivity contribution in [2.24, 2.45) is 0 Å². The Balaban J connectivity index is 1.73. The van der Waals surface area contributed by atoms with Gasteiger partial charge in [0, 0.05) is 41.5 Å². The molecule has 10 heteroatoms. The van der Waals surface area contributed by atoms with Gasteiger partial charge in [-0.15, -0.1) is 0 Å². The van der Waals surface area contributed by atoms with Crippen LogP contribution in [0.2, 0.25) is 0 Å². The Morgan fingerprint density at radius 1 is 1.11 bits per heavy atom. The van der Waals surface area contributed by atoms with Crippen LogP contribution in [0.4, 0.5) is 10.1 Å². The van der Waals surface area contributed by atoms with Crippen LogP contribution < -0.4 is 10.3 Å². The lowest BCUT2D eigenvalue weighted by Crippen LogP contribution is -2.13. The fourth-order valence-electron chi connectivity index (χ4n) is 4.51. The molecule has 0 aliphatic carbocycles. The Hall–Kier alpha value is -4.44. The van der Waals surface area contributed by atoms with Crippen molar-refractivity contribution in [3.63, 3.8) is 0 Å². The van der Waals surface area contributed by atoms with Crippen molar-refractivity contribution in [2.45, 2.75) is 13.1 Å². The molecule has 0 fully saturated rings. The first-order valence-electron chi connectivity index (χ1n) is 11.3. The number of pyridine rings is 1. The second-order valence-corrected chi connectivity index (χ2v) is 10.6. The quantitative estimate of drug-likeness (QED) is 0.299. The van der Waals surface area contributed by atoms with Crippen LogP contribution in [0.1, 0.15) is 5.56 Å². The van der Waals surface area contributed by atoms with Gasteiger partial charge >= 0.3 is 0 Å². The maximum absolute atomic E-state index is 13.4. The summed E-state index contributed by atoms with van der Waals surface area (Å²) < 4.78 is 43.9. The zero-order valence-electron chi connectivity index (χ0n) is 19.9. The van der Waals surface area contributed by atoms with Gasteiger partial charge in [0.1, 0.15) is 11.3 Å². The molecule has 188 valence electrons. The van der Waals surface area contributed by atoms with Crippen LogP contribution in [-0.4, -0.2) is 34.6 Å². The van der Waals surface area contributed by atoms with Crippen LogP contribution in [-0.2, 0) is 27.9 Å². The van der Waals surface area contributed by atoms with Crippen molar-refractivity contribution in [1.29, 1.82) is 0 Å². The highest BCUT2D eigenvalue weighted by Crippen LogP contribution is 2.36. The molecule has 5 aromatic rings. The Labute approximate surface area is 211 Å². The van der Waals surface area contributed by atoms with Crippen LogP contribution in [0, 0.1) is 5.82 Å². The maximum Gasteiger partial charge on any atom is 0.272 e. The Kier molecular flexibility index (Phi) is 6.04. The molecule has 0 saturated heterocycles. The third kappa shape index (κ3) is 4.83. The number of H-pyrrole nitrogens is 1. The first-order valence-corrected chi connectivity index (χ1v) is 13.2. The molecule has 0 saturated carbocycles. The van der Waals surface area contributed by atoms with Crippen LogP contribution in [0.15, 0.2) is 84.6 Å². The van der Waals surface area contributed by atoms with Gasteiger partial charge in [0.15, 0.2) is 5.78 Å². The molecule has 0 atom stereocenters. The van der Waals surface area contributed by atoms with E-state index in [-0.39, 0.29) is 23.7 Å². The molecule has 0 radical (unpaired) electrons. The van der Waals surface area contributed by atoms with E-state index in [1.807, 2.05) is 22.9 Å². The summed E-state index contributed by atoms with van der Waals surface area (Å²) in [6.45, 7) is 3.88. The van der Waals surface area contributed by atoms with Gasteiger partial charge in [0.2, 0.25) is 10.0 Å². The third-order valence-electron chi connectivity index (χ3n) is 6.11. The summed E-state index contributed by atoms with van der Waals surface area (Å²) in [5, 5.41) is 1.29. The van der Waals surface area contributed by atoms with E-state index < -0.39 is 10.0 Å². The molecule has 3 aromatic heterocycles. The molecular formula is C27H23FN4O4S. The average Bonchev–Trinajstić information content (AvgIpc) is 3.42. The minimum absolute atomic E-state index is 0.0648. The number of fused-ring (bicyclic) bond motifs is 2. The normalized spacial score (nSPS) is 11.7. The number of anilines is 1. The molecule has 37 heavy (non-hydrogen) atoms. The van der Waals surface area contributed by atoms with E-state index in [1.54, 1.807) is 35.0 Å². The van der Waals surface area contributed by atoms with Crippen molar-refractivity contribution < 1.29 is 17.6 Å². The summed E-state index contributed by atoms with van der Waals surface area (Å²) in [5.74, 6) is -0.584. The van der Waals surface area contributed by atoms with Gasteiger partial charge in [-0.1, -0.05) is 18.7 Å². The highest BCUT2D eigenvalue weighted by Gasteiger charge is 2.18. The molecule has 2 aromatic carbocycles. The number of benzene rings is 2. The number of nitrogens with one attached hydrogen (secondary N) is 2. The lowest BCUT2D eigenvalue weighted by atomic mass is 10.0. The number of sulfonamides is 1. The van der Waals surface area contributed by atoms with E-state index in [9.17, 15) is 22.4 Å². The molecule has 5 rings (SSSR count). The predicted molar refractivity (Wildman–Crippen MR) is 143 cm³/mol. The standard InChI is InChI=1S/C27H23FN4O4S/c1-3-20(33)15-32-16-23(21-8-10-29-27(34)26(21)32)18-12-24(30-37(2,35)36)22-9-11-31(25(22)13-18)14-17-4-6-19(28)7-5-17/h3-13,16,30H,1,14-15H2,2H3,(H,29,34). The first kappa shape index (κ1) is 24.3. The lowest BCUT2D eigenvalue weighted by Gasteiger charge is -2.12. The Bertz CT molecular complexity index is 1850. The number of aromatic amines is 1. The molecule has 8 nitrogen and oxygen atoms in total. The number of allylic oxidation sites excluding steroid dienone is 1. The minimum Gasteiger partial charge on any atom is -0.343 e. The second kappa shape index (κ2) is 9.21. The maximum atomic E-state index is 13.4. The van der Waals surface area contributed by atoms with Crippen molar-refractivity contribution in [1.82, 2.24) is 14.1 Å². The van der Waals surface area contributed by atoms with Crippen molar-refractivity contribution >= 4 is 43.3 Å². The number of carbonyl (C=O) groups excluding carboxylic acids is 1. The number of halogens is 1. The van der Waals surface area contributed by atoms with Gasteiger partial charge in [-0.2, -0.15) is 0 Å². The predicted octanol–water partition coefficient (Wildman–Crippen LogP) is 4.27. The highest BCUT2D eigenvalue weighted by molar-refractivity contribution is 7.92. The average molecular weight is 519 g/mol. The zero-order valence-corrected chi connectivity index (χ0v) is 20.7. The Morgan fingerprint density at radius 3 is 2.57 bits per heavy atom. The Morgan fingerprint density at radius 2 is 1.86 bits per heavy atom. The SMILES string of the molecule is C=CC(=O)Cn1cc(-c2cc(NS(C)(=O)=O)c3ccn(Cc4ccc(F)cc4)c3c2)c2cc[nH]c(=O)c21. The summed E-state index contributed by atoms with van der Waals surface area (Å²) in [4.78, 5) is 27.4. The van der Waals surface area contributed by atoms with Crippen molar-refractivity contribution in [2.75, 3.05) is 11.0 Å². The van der Waals surface area contributed by atoms with Gasteiger partial charge in [-0.05, 0) is 53.6 Å². The van der Waals surface area contributed by atoms with E-state index in [2.05, 4.69) is 16.3 Å². The largest absolute Gasteiger partial charge is 0.343 e. The number of carbonyl (C=O) groups is 1. The molecule has 2 N–H and O–H groups in total. The number of ketones is 1. The second-order valence-electron chi connectivity index (χ2n) is 8.81. The van der Waals surface area contributed by atoms with E-state index in [4.69, 9.17) is 0 Å². The summed E-state index contributed by atoms with van der Waals surface area (Å²) in [6.07, 6.45) is 7.35. The topological polar surface area (TPSA) is 106 Å². The molecule has 0 amide bonds. The summed E-state index contributed by atoms with van der Waals surface area (Å²) in [6, 6.07) is 13.3. The smallest absolute Gasteiger partial charge is 0.272 e. The molecule has 0 aliphatic heterocycles. The van der Waals surface area contributed by atoms with Crippen molar-refractivity contribution in [3.8, 4) is 11.1 Å². The molecule has 0 aliphatic rings. The minimum atomic E-state index is -3.60. The summed E-state index contributed by atoms with van der Waals surface area (Å²) in [5.41, 5.74) is 3.27. The van der Waals surface area contributed by atoms with E-state index >= 15 is 0 Å². The third-order valence-corrected chi connectivity index (χ3v) is 6.70. The number of hydrogen-bond acceptors (Lipinski definition) is 4. The highest BCUT2D eigenvalue weighted by atomic mass is 32.2. The van der Waals surface area contributed by atoms with Crippen LogP contribution in [0.25, 0.3) is 32.9 Å². The summed E-state index contributed by atoms with van der Waals surface area (Å²) >= 11 is 0. The van der Waals surface area contributed by atoms with E-state index in [1.165, 1.54) is 24.4 Å². The molecule has 0 spiro atoms. The van der Waals surface area contributed by atoms with Crippen LogP contribution in [0.3, 0.4) is 0 Å². The van der Waals surface area contributed by atoms with Gasteiger partial charge < -0.3 is 14.1 Å². The van der Waals surface area contributed by atoms with Gasteiger partial charge in [0.05, 0.1) is 24.0 Å². The molecular weight excluding hydrogens is 495 g/mol. The van der Waals surface area contributed by atoms with Gasteiger partial charge in [0.25, 0.3) is 5.56 Å². The summed E-state index contributed by atoms with van der Waals surface area (Å²) in [7, 11) is -3.60. The van der Waals surface area contributed by atoms with Crippen molar-refractivity contribution in [3.05, 3.63) is 102 Å². The zero-order chi connectivity index (χ0) is 26.3. The van der Waals surface area contributed by atoms with Gasteiger partial charge in [-0.25, -0.2) is 12.8 Å². The number of nitrogens with zero attached hydrogens (tertiary/aromatic N) is 2. The number of aromatic nitrogens is 3.